The summed E-state index contributed by atoms with van der Waals surface area (Å²) in [6, 6.07) is 0. The van der Waals surface area contributed by atoms with Gasteiger partial charge >= 0.3 is 5.97 Å². The van der Waals surface area contributed by atoms with E-state index in [1.807, 2.05) is 6.92 Å². The minimum atomic E-state index is -0.504. The Morgan fingerprint density at radius 3 is 2.64 bits per heavy atom. The Labute approximate surface area is 66.4 Å². The molecular formula is C7H14O4. The maximum atomic E-state index is 10.7. The van der Waals surface area contributed by atoms with E-state index in [9.17, 15) is 4.79 Å². The SMILES string of the molecule is CCCC(=O)OOC(C)OC. The molecule has 0 aliphatic rings. The average molecular weight is 162 g/mol. The van der Waals surface area contributed by atoms with Gasteiger partial charge < -0.3 is 4.74 Å². The molecule has 0 fully saturated rings. The first-order valence-electron chi connectivity index (χ1n) is 3.59. The van der Waals surface area contributed by atoms with Crippen LogP contribution in [-0.4, -0.2) is 19.4 Å². The summed E-state index contributed by atoms with van der Waals surface area (Å²) in [6.07, 6.45) is 0.621. The predicted molar refractivity (Wildman–Crippen MR) is 38.6 cm³/mol. The van der Waals surface area contributed by atoms with Gasteiger partial charge in [-0.05, 0) is 13.3 Å². The minimum Gasteiger partial charge on any atom is -0.352 e. The smallest absolute Gasteiger partial charge is 0.342 e. The molecular weight excluding hydrogens is 148 g/mol. The van der Waals surface area contributed by atoms with Crippen molar-refractivity contribution in [2.45, 2.75) is 33.0 Å². The summed E-state index contributed by atoms with van der Waals surface area (Å²) in [5, 5.41) is 0. The number of methoxy groups -OCH3 is 1. The molecule has 0 bridgehead atoms. The third-order valence-corrected chi connectivity index (χ3v) is 1.06. The molecule has 1 unspecified atom stereocenters. The molecule has 4 nitrogen and oxygen atoms in total. The van der Waals surface area contributed by atoms with Gasteiger partial charge in [0.2, 0.25) is 0 Å². The van der Waals surface area contributed by atoms with Crippen LogP contribution in [0.1, 0.15) is 26.7 Å². The summed E-state index contributed by atoms with van der Waals surface area (Å²) in [5.41, 5.74) is 0. The van der Waals surface area contributed by atoms with Crippen LogP contribution >= 0.6 is 0 Å². The zero-order valence-electron chi connectivity index (χ0n) is 7.12. The molecule has 0 amide bonds. The van der Waals surface area contributed by atoms with Crippen molar-refractivity contribution in [3.63, 3.8) is 0 Å². The van der Waals surface area contributed by atoms with Crippen molar-refractivity contribution >= 4 is 5.97 Å². The van der Waals surface area contributed by atoms with Crippen molar-refractivity contribution in [3.8, 4) is 0 Å². The molecule has 0 aliphatic heterocycles. The lowest BCUT2D eigenvalue weighted by atomic mass is 10.3. The highest BCUT2D eigenvalue weighted by molar-refractivity contribution is 5.68. The van der Waals surface area contributed by atoms with Crippen molar-refractivity contribution in [2.24, 2.45) is 0 Å². The van der Waals surface area contributed by atoms with Gasteiger partial charge in [-0.15, -0.1) is 0 Å². The molecule has 0 aromatic heterocycles. The predicted octanol–water partition coefficient (Wildman–Crippen LogP) is 1.25. The third-order valence-electron chi connectivity index (χ3n) is 1.06. The van der Waals surface area contributed by atoms with Crippen LogP contribution in [0.25, 0.3) is 0 Å². The Morgan fingerprint density at radius 1 is 1.55 bits per heavy atom. The number of ether oxygens (including phenoxy) is 1. The second-order valence-electron chi connectivity index (χ2n) is 2.10. The van der Waals surface area contributed by atoms with Gasteiger partial charge in [-0.2, -0.15) is 4.89 Å². The fraction of sp³-hybridized carbons (Fsp3) is 0.857. The van der Waals surface area contributed by atoms with Crippen molar-refractivity contribution in [1.82, 2.24) is 0 Å². The van der Waals surface area contributed by atoms with E-state index in [0.29, 0.717) is 6.42 Å². The summed E-state index contributed by atoms with van der Waals surface area (Å²) >= 11 is 0. The fourth-order valence-corrected chi connectivity index (χ4v) is 0.406. The summed E-state index contributed by atoms with van der Waals surface area (Å²) in [6.45, 7) is 3.53. The Balaban J connectivity index is 3.30. The highest BCUT2D eigenvalue weighted by atomic mass is 17.2. The van der Waals surface area contributed by atoms with E-state index in [-0.39, 0.29) is 5.97 Å². The van der Waals surface area contributed by atoms with Crippen LogP contribution in [0.5, 0.6) is 0 Å². The normalized spacial score (nSPS) is 12.6. The lowest BCUT2D eigenvalue weighted by molar-refractivity contribution is -0.342. The topological polar surface area (TPSA) is 44.8 Å². The largest absolute Gasteiger partial charge is 0.352 e. The molecule has 0 saturated heterocycles. The van der Waals surface area contributed by atoms with E-state index in [1.54, 1.807) is 6.92 Å². The number of carbonyl (C=O) groups excluding carboxylic acids is 1. The van der Waals surface area contributed by atoms with E-state index in [1.165, 1.54) is 7.11 Å². The molecule has 11 heavy (non-hydrogen) atoms. The fourth-order valence-electron chi connectivity index (χ4n) is 0.406. The molecule has 66 valence electrons. The van der Waals surface area contributed by atoms with E-state index < -0.39 is 6.29 Å². The van der Waals surface area contributed by atoms with Crippen LogP contribution < -0.4 is 0 Å². The Bertz CT molecular complexity index is 113. The van der Waals surface area contributed by atoms with Crippen LogP contribution in [0.3, 0.4) is 0 Å². The zero-order valence-corrected chi connectivity index (χ0v) is 7.12. The second kappa shape index (κ2) is 6.12. The van der Waals surface area contributed by atoms with E-state index >= 15 is 0 Å². The monoisotopic (exact) mass is 162 g/mol. The van der Waals surface area contributed by atoms with Gasteiger partial charge in [-0.1, -0.05) is 6.92 Å². The summed E-state index contributed by atoms with van der Waals surface area (Å²) in [5.74, 6) is -0.364. The van der Waals surface area contributed by atoms with Crippen LogP contribution in [0, 0.1) is 0 Å². The highest BCUT2D eigenvalue weighted by Crippen LogP contribution is 1.96. The van der Waals surface area contributed by atoms with Crippen molar-refractivity contribution in [3.05, 3.63) is 0 Å². The molecule has 0 saturated carbocycles. The summed E-state index contributed by atoms with van der Waals surface area (Å²) in [4.78, 5) is 19.6. The Kier molecular flexibility index (Phi) is 5.78. The Hall–Kier alpha value is -0.610. The van der Waals surface area contributed by atoms with E-state index in [4.69, 9.17) is 0 Å². The zero-order chi connectivity index (χ0) is 8.69. The summed E-state index contributed by atoms with van der Waals surface area (Å²) in [7, 11) is 1.47. The first-order valence-corrected chi connectivity index (χ1v) is 3.59. The highest BCUT2D eigenvalue weighted by Gasteiger charge is 2.05. The van der Waals surface area contributed by atoms with Crippen molar-refractivity contribution < 1.29 is 19.3 Å². The van der Waals surface area contributed by atoms with Crippen LogP contribution in [-0.2, 0) is 19.3 Å². The number of rotatable bonds is 5. The maximum Gasteiger partial charge on any atom is 0.342 e. The first-order chi connectivity index (χ1) is 5.20. The third kappa shape index (κ3) is 5.82. The van der Waals surface area contributed by atoms with Gasteiger partial charge in [0.15, 0.2) is 6.29 Å². The molecule has 0 heterocycles. The molecule has 0 rings (SSSR count). The van der Waals surface area contributed by atoms with Gasteiger partial charge in [0.25, 0.3) is 0 Å². The van der Waals surface area contributed by atoms with Gasteiger partial charge in [0.05, 0.1) is 0 Å². The molecule has 0 aromatic carbocycles. The first kappa shape index (κ1) is 10.4. The molecule has 1 atom stereocenters. The van der Waals surface area contributed by atoms with Crippen molar-refractivity contribution in [2.75, 3.05) is 7.11 Å². The molecule has 0 aliphatic carbocycles. The van der Waals surface area contributed by atoms with Gasteiger partial charge in [0.1, 0.15) is 0 Å². The molecule has 0 N–H and O–H groups in total. The molecule has 0 radical (unpaired) electrons. The minimum absolute atomic E-state index is 0.364. The van der Waals surface area contributed by atoms with Crippen LogP contribution in [0.15, 0.2) is 0 Å². The summed E-state index contributed by atoms with van der Waals surface area (Å²) < 4.78 is 4.68. The van der Waals surface area contributed by atoms with Crippen LogP contribution in [0.2, 0.25) is 0 Å². The van der Waals surface area contributed by atoms with Gasteiger partial charge in [0, 0.05) is 13.5 Å². The van der Waals surface area contributed by atoms with Crippen LogP contribution in [0.4, 0.5) is 0 Å². The van der Waals surface area contributed by atoms with E-state index in [0.717, 1.165) is 6.42 Å². The average Bonchev–Trinajstić information content (AvgIpc) is 2.01. The lowest BCUT2D eigenvalue weighted by Crippen LogP contribution is -2.14. The van der Waals surface area contributed by atoms with Gasteiger partial charge in [-0.25, -0.2) is 4.79 Å². The van der Waals surface area contributed by atoms with Gasteiger partial charge in [-0.3, -0.25) is 4.89 Å². The van der Waals surface area contributed by atoms with Crippen molar-refractivity contribution in [1.29, 1.82) is 0 Å². The van der Waals surface area contributed by atoms with E-state index in [2.05, 4.69) is 14.5 Å². The second-order valence-corrected chi connectivity index (χ2v) is 2.10. The Morgan fingerprint density at radius 2 is 2.18 bits per heavy atom. The number of carbonyl (C=O) groups is 1. The number of hydrogen-bond donors (Lipinski definition) is 0. The molecule has 0 spiro atoms. The standard InChI is InChI=1S/C7H14O4/c1-4-5-7(8)11-10-6(2)9-3/h6H,4-5H2,1-3H3. The quantitative estimate of drug-likeness (QED) is 0.347. The maximum absolute atomic E-state index is 10.7. The molecule has 4 heteroatoms. The lowest BCUT2D eigenvalue weighted by Gasteiger charge is -2.07. The number of hydrogen-bond acceptors (Lipinski definition) is 4. The molecule has 0 aromatic rings.